The second-order valence-electron chi connectivity index (χ2n) is 8.50. The van der Waals surface area contributed by atoms with Crippen molar-refractivity contribution in [1.29, 1.82) is 0 Å². The van der Waals surface area contributed by atoms with E-state index >= 15 is 0 Å². The Morgan fingerprint density at radius 1 is 1.17 bits per heavy atom. The highest BCUT2D eigenvalue weighted by atomic mass is 16.7. The predicted molar refractivity (Wildman–Crippen MR) is 107 cm³/mol. The number of carbonyl (C=O) groups is 1. The summed E-state index contributed by atoms with van der Waals surface area (Å²) in [5.41, 5.74) is 2.63. The predicted octanol–water partition coefficient (Wildman–Crippen LogP) is 2.46. The van der Waals surface area contributed by atoms with Gasteiger partial charge in [0.1, 0.15) is 17.3 Å². The molecular formula is C22H24N4O3. The van der Waals surface area contributed by atoms with E-state index in [1.807, 2.05) is 18.2 Å². The Morgan fingerprint density at radius 2 is 2.10 bits per heavy atom. The summed E-state index contributed by atoms with van der Waals surface area (Å²) in [6.07, 6.45) is 6.44. The van der Waals surface area contributed by atoms with Crippen molar-refractivity contribution in [2.75, 3.05) is 24.8 Å². The molecule has 3 aliphatic heterocycles. The molecule has 1 saturated heterocycles. The molecular weight excluding hydrogens is 368 g/mol. The summed E-state index contributed by atoms with van der Waals surface area (Å²) in [4.78, 5) is 24.7. The lowest BCUT2D eigenvalue weighted by Crippen LogP contribution is -2.37. The Bertz CT molecular complexity index is 992. The average molecular weight is 392 g/mol. The second-order valence-corrected chi connectivity index (χ2v) is 8.50. The van der Waals surface area contributed by atoms with Crippen molar-refractivity contribution < 1.29 is 14.3 Å². The van der Waals surface area contributed by atoms with Crippen LogP contribution in [-0.4, -0.2) is 41.8 Å². The fourth-order valence-electron chi connectivity index (χ4n) is 5.27. The van der Waals surface area contributed by atoms with Gasteiger partial charge in [-0.15, -0.1) is 0 Å². The zero-order valence-electron chi connectivity index (χ0n) is 16.3. The molecule has 0 radical (unpaired) electrons. The molecule has 1 amide bonds. The first-order chi connectivity index (χ1) is 14.2. The van der Waals surface area contributed by atoms with Crippen LogP contribution in [0.4, 0.5) is 5.82 Å². The number of ether oxygens (including phenoxy) is 2. The van der Waals surface area contributed by atoms with E-state index in [1.54, 1.807) is 0 Å². The Kier molecular flexibility index (Phi) is 3.89. The van der Waals surface area contributed by atoms with Crippen LogP contribution >= 0.6 is 0 Å². The minimum absolute atomic E-state index is 0.0796. The van der Waals surface area contributed by atoms with Crippen LogP contribution in [0, 0.1) is 5.92 Å². The van der Waals surface area contributed by atoms with E-state index in [4.69, 9.17) is 14.5 Å². The highest BCUT2D eigenvalue weighted by Gasteiger charge is 2.38. The van der Waals surface area contributed by atoms with Gasteiger partial charge in [0.05, 0.1) is 0 Å². The maximum atomic E-state index is 12.6. The van der Waals surface area contributed by atoms with Crippen molar-refractivity contribution in [2.45, 2.75) is 44.6 Å². The second kappa shape index (κ2) is 6.61. The lowest BCUT2D eigenvalue weighted by molar-refractivity contribution is 0.0940. The maximum absolute atomic E-state index is 12.6. The van der Waals surface area contributed by atoms with E-state index in [1.165, 1.54) is 25.7 Å². The van der Waals surface area contributed by atoms with Crippen molar-refractivity contribution in [3.63, 3.8) is 0 Å². The number of nitrogens with zero attached hydrogens (tertiary/aromatic N) is 3. The van der Waals surface area contributed by atoms with Crippen molar-refractivity contribution >= 4 is 11.7 Å². The van der Waals surface area contributed by atoms with Gasteiger partial charge < -0.3 is 19.7 Å². The van der Waals surface area contributed by atoms with Crippen LogP contribution in [0.25, 0.3) is 0 Å². The molecule has 1 aromatic carbocycles. The third-order valence-electron chi connectivity index (χ3n) is 6.63. The molecule has 4 aliphatic rings. The Balaban J connectivity index is 1.39. The molecule has 2 fully saturated rings. The van der Waals surface area contributed by atoms with Gasteiger partial charge in [-0.3, -0.25) is 4.79 Å². The van der Waals surface area contributed by atoms with Crippen molar-refractivity contribution in [1.82, 2.24) is 15.3 Å². The summed E-state index contributed by atoms with van der Waals surface area (Å²) in [6.45, 7) is 1.97. The fraction of sp³-hybridized carbons (Fsp3) is 0.500. The van der Waals surface area contributed by atoms with Gasteiger partial charge in [-0.25, -0.2) is 9.97 Å². The van der Waals surface area contributed by atoms with Crippen LogP contribution in [0.2, 0.25) is 0 Å². The molecule has 6 rings (SSSR count). The normalized spacial score (nSPS) is 24.4. The summed E-state index contributed by atoms with van der Waals surface area (Å²) in [5.74, 6) is 3.89. The molecule has 0 spiro atoms. The number of anilines is 1. The largest absolute Gasteiger partial charge is 0.454 e. The van der Waals surface area contributed by atoms with Crippen LogP contribution in [0.5, 0.6) is 11.5 Å². The van der Waals surface area contributed by atoms with E-state index < -0.39 is 0 Å². The molecule has 1 saturated carbocycles. The van der Waals surface area contributed by atoms with E-state index in [9.17, 15) is 4.79 Å². The number of nitrogens with one attached hydrogen (secondary N) is 1. The highest BCUT2D eigenvalue weighted by Crippen LogP contribution is 2.40. The van der Waals surface area contributed by atoms with Crippen LogP contribution in [-0.2, 0) is 12.8 Å². The molecule has 4 heterocycles. The van der Waals surface area contributed by atoms with Crippen LogP contribution in [0.15, 0.2) is 18.2 Å². The number of aromatic nitrogens is 2. The van der Waals surface area contributed by atoms with Crippen molar-refractivity contribution in [3.05, 3.63) is 40.8 Å². The minimum Gasteiger partial charge on any atom is -0.454 e. The first-order valence-corrected chi connectivity index (χ1v) is 10.6. The lowest BCUT2D eigenvalue weighted by atomic mass is 9.90. The first-order valence-electron chi connectivity index (χ1n) is 10.6. The molecule has 7 nitrogen and oxygen atoms in total. The van der Waals surface area contributed by atoms with Crippen LogP contribution in [0.3, 0.4) is 0 Å². The number of benzene rings is 1. The molecule has 2 aromatic rings. The standard InChI is InChI=1S/C22H24N4O3/c27-22-20-16(6-7-23-22)21(26-11-14-2-1-3-15(26)8-14)25-19(24-20)10-13-4-5-17-18(9-13)29-12-28-17/h4-5,9,14-15H,1-3,6-8,10-12H2,(H,23,27)/t14-,15+/m1/s1. The summed E-state index contributed by atoms with van der Waals surface area (Å²) in [6, 6.07) is 6.47. The minimum atomic E-state index is -0.0796. The summed E-state index contributed by atoms with van der Waals surface area (Å²) >= 11 is 0. The third-order valence-corrected chi connectivity index (χ3v) is 6.63. The Hall–Kier alpha value is -2.83. The van der Waals surface area contributed by atoms with Crippen LogP contribution in [0.1, 0.15) is 53.1 Å². The number of carbonyl (C=O) groups excluding carboxylic acids is 1. The third kappa shape index (κ3) is 2.91. The molecule has 1 N–H and O–H groups in total. The smallest absolute Gasteiger partial charge is 0.270 e. The van der Waals surface area contributed by atoms with Gasteiger partial charge in [0.25, 0.3) is 5.91 Å². The highest BCUT2D eigenvalue weighted by molar-refractivity contribution is 5.96. The first kappa shape index (κ1) is 17.1. The molecule has 1 aromatic heterocycles. The lowest BCUT2D eigenvalue weighted by Gasteiger charge is -2.29. The van der Waals surface area contributed by atoms with Gasteiger partial charge in [0, 0.05) is 31.1 Å². The van der Waals surface area contributed by atoms with Gasteiger partial charge in [-0.2, -0.15) is 0 Å². The molecule has 150 valence electrons. The molecule has 0 unspecified atom stereocenters. The van der Waals surface area contributed by atoms with Gasteiger partial charge >= 0.3 is 0 Å². The summed E-state index contributed by atoms with van der Waals surface area (Å²) in [7, 11) is 0. The Morgan fingerprint density at radius 3 is 3.03 bits per heavy atom. The molecule has 2 atom stereocenters. The zero-order valence-corrected chi connectivity index (χ0v) is 16.3. The number of hydrogen-bond acceptors (Lipinski definition) is 6. The molecule has 2 bridgehead atoms. The fourth-order valence-corrected chi connectivity index (χ4v) is 5.27. The molecule has 7 heteroatoms. The van der Waals surface area contributed by atoms with E-state index in [-0.39, 0.29) is 12.7 Å². The number of fused-ring (bicyclic) bond motifs is 4. The monoisotopic (exact) mass is 392 g/mol. The van der Waals surface area contributed by atoms with Gasteiger partial charge in [0.2, 0.25) is 6.79 Å². The molecule has 29 heavy (non-hydrogen) atoms. The van der Waals surface area contributed by atoms with E-state index in [0.717, 1.165) is 47.3 Å². The SMILES string of the molecule is O=C1NCCc2c1nc(Cc1ccc3c(c1)OCO3)nc2N1C[C@@H]2CCC[C@H]1C2. The zero-order chi connectivity index (χ0) is 19.4. The van der Waals surface area contributed by atoms with Crippen molar-refractivity contribution in [3.8, 4) is 11.5 Å². The Labute approximate surface area is 169 Å². The van der Waals surface area contributed by atoms with Crippen LogP contribution < -0.4 is 19.7 Å². The number of amides is 1. The number of rotatable bonds is 3. The molecule has 1 aliphatic carbocycles. The summed E-state index contributed by atoms with van der Waals surface area (Å²) < 4.78 is 10.9. The quantitative estimate of drug-likeness (QED) is 0.865. The van der Waals surface area contributed by atoms with Gasteiger partial charge in [-0.1, -0.05) is 12.5 Å². The number of hydrogen-bond donors (Lipinski definition) is 1. The topological polar surface area (TPSA) is 76.6 Å². The average Bonchev–Trinajstić information content (AvgIpc) is 3.31. The van der Waals surface area contributed by atoms with Gasteiger partial charge in [-0.05, 0) is 49.3 Å². The van der Waals surface area contributed by atoms with E-state index in [2.05, 4.69) is 15.2 Å². The van der Waals surface area contributed by atoms with Gasteiger partial charge in [0.15, 0.2) is 11.5 Å². The van der Waals surface area contributed by atoms with Crippen molar-refractivity contribution in [2.24, 2.45) is 5.92 Å². The van der Waals surface area contributed by atoms with E-state index in [0.29, 0.717) is 30.5 Å². The summed E-state index contributed by atoms with van der Waals surface area (Å²) in [5, 5.41) is 2.94. The maximum Gasteiger partial charge on any atom is 0.270 e.